The molecular formula is C14H23NO2. The average Bonchev–Trinajstić information content (AvgIpc) is 2.37. The second kappa shape index (κ2) is 6.50. The van der Waals surface area contributed by atoms with Gasteiger partial charge < -0.3 is 14.8 Å². The van der Waals surface area contributed by atoms with Crippen molar-refractivity contribution in [2.24, 2.45) is 0 Å². The van der Waals surface area contributed by atoms with E-state index in [-0.39, 0.29) is 0 Å². The van der Waals surface area contributed by atoms with Crippen molar-refractivity contribution in [2.45, 2.75) is 32.2 Å². The third-order valence-electron chi connectivity index (χ3n) is 3.16. The largest absolute Gasteiger partial charge is 0.496 e. The Bertz CT molecular complexity index is 330. The lowest BCUT2D eigenvalue weighted by atomic mass is 9.93. The Kier molecular flexibility index (Phi) is 5.29. The Hall–Kier alpha value is -1.22. The zero-order valence-electron chi connectivity index (χ0n) is 11.4. The minimum atomic E-state index is 0.392. The van der Waals surface area contributed by atoms with E-state index in [2.05, 4.69) is 19.2 Å². The monoisotopic (exact) mass is 237 g/mol. The van der Waals surface area contributed by atoms with E-state index in [0.717, 1.165) is 23.5 Å². The molecule has 1 aromatic carbocycles. The molecule has 0 amide bonds. The molecule has 0 aliphatic rings. The number of hydrogen-bond donors (Lipinski definition) is 1. The third kappa shape index (κ3) is 3.37. The summed E-state index contributed by atoms with van der Waals surface area (Å²) in [6.45, 7) is 4.38. The number of ether oxygens (including phenoxy) is 2. The van der Waals surface area contributed by atoms with Crippen LogP contribution < -0.4 is 14.8 Å². The summed E-state index contributed by atoms with van der Waals surface area (Å²) in [6.07, 6.45) is 1.05. The molecule has 0 aliphatic carbocycles. The van der Waals surface area contributed by atoms with Crippen LogP contribution >= 0.6 is 0 Å². The topological polar surface area (TPSA) is 30.5 Å². The molecule has 0 spiro atoms. The van der Waals surface area contributed by atoms with Gasteiger partial charge in [0.05, 0.1) is 14.2 Å². The van der Waals surface area contributed by atoms with Gasteiger partial charge >= 0.3 is 0 Å². The molecular weight excluding hydrogens is 214 g/mol. The summed E-state index contributed by atoms with van der Waals surface area (Å²) in [4.78, 5) is 0. The fourth-order valence-electron chi connectivity index (χ4n) is 2.13. The summed E-state index contributed by atoms with van der Waals surface area (Å²) >= 11 is 0. The Morgan fingerprint density at radius 3 is 2.06 bits per heavy atom. The summed E-state index contributed by atoms with van der Waals surface area (Å²) in [7, 11) is 5.38. The highest BCUT2D eigenvalue weighted by molar-refractivity contribution is 5.47. The van der Waals surface area contributed by atoms with Crippen molar-refractivity contribution in [1.82, 2.24) is 5.32 Å². The molecule has 0 bridgehead atoms. The van der Waals surface area contributed by atoms with E-state index in [0.29, 0.717) is 12.0 Å². The van der Waals surface area contributed by atoms with Crippen molar-refractivity contribution < 1.29 is 9.47 Å². The lowest BCUT2D eigenvalue weighted by Crippen LogP contribution is -2.23. The number of hydrogen-bond acceptors (Lipinski definition) is 3. The van der Waals surface area contributed by atoms with Crippen molar-refractivity contribution in [1.29, 1.82) is 0 Å². The van der Waals surface area contributed by atoms with Crippen LogP contribution in [0.25, 0.3) is 0 Å². The summed E-state index contributed by atoms with van der Waals surface area (Å²) in [5.41, 5.74) is 1.15. The second-order valence-electron chi connectivity index (χ2n) is 4.40. The highest BCUT2D eigenvalue weighted by Crippen LogP contribution is 2.36. The van der Waals surface area contributed by atoms with Gasteiger partial charge in [0, 0.05) is 11.6 Å². The SMILES string of the molecule is CNC(C)CC(C)c1c(OC)cccc1OC. The predicted molar refractivity (Wildman–Crippen MR) is 71.1 cm³/mol. The van der Waals surface area contributed by atoms with Gasteiger partial charge in [-0.1, -0.05) is 13.0 Å². The molecule has 0 radical (unpaired) electrons. The Morgan fingerprint density at radius 2 is 1.65 bits per heavy atom. The van der Waals surface area contributed by atoms with Crippen LogP contribution in [0.2, 0.25) is 0 Å². The van der Waals surface area contributed by atoms with Crippen LogP contribution in [0.4, 0.5) is 0 Å². The fourth-order valence-corrected chi connectivity index (χ4v) is 2.13. The van der Waals surface area contributed by atoms with Gasteiger partial charge in [0.25, 0.3) is 0 Å². The zero-order chi connectivity index (χ0) is 12.8. The van der Waals surface area contributed by atoms with Crippen LogP contribution in [0, 0.1) is 0 Å². The van der Waals surface area contributed by atoms with Crippen molar-refractivity contribution >= 4 is 0 Å². The molecule has 3 heteroatoms. The van der Waals surface area contributed by atoms with Gasteiger partial charge in [0.2, 0.25) is 0 Å². The molecule has 1 N–H and O–H groups in total. The van der Waals surface area contributed by atoms with E-state index in [1.54, 1.807) is 14.2 Å². The van der Waals surface area contributed by atoms with Gasteiger partial charge in [-0.2, -0.15) is 0 Å². The standard InChI is InChI=1S/C14H23NO2/c1-10(9-11(2)15-3)14-12(16-4)7-6-8-13(14)17-5/h6-8,10-11,15H,9H2,1-5H3. The molecule has 96 valence electrons. The van der Waals surface area contributed by atoms with E-state index < -0.39 is 0 Å². The maximum atomic E-state index is 5.42. The summed E-state index contributed by atoms with van der Waals surface area (Å²) in [6, 6.07) is 6.39. The molecule has 1 rings (SSSR count). The van der Waals surface area contributed by atoms with Crippen molar-refractivity contribution in [3.63, 3.8) is 0 Å². The van der Waals surface area contributed by atoms with Gasteiger partial charge in [-0.05, 0) is 38.4 Å². The normalized spacial score (nSPS) is 14.2. The first-order valence-corrected chi connectivity index (χ1v) is 6.02. The number of methoxy groups -OCH3 is 2. The predicted octanol–water partition coefficient (Wildman–Crippen LogP) is 2.81. The molecule has 2 atom stereocenters. The van der Waals surface area contributed by atoms with Crippen LogP contribution in [0.3, 0.4) is 0 Å². The molecule has 0 heterocycles. The molecule has 0 aliphatic heterocycles. The van der Waals surface area contributed by atoms with Crippen LogP contribution in [0.5, 0.6) is 11.5 Å². The molecule has 2 unspecified atom stereocenters. The maximum absolute atomic E-state index is 5.42. The minimum absolute atomic E-state index is 0.392. The van der Waals surface area contributed by atoms with Crippen LogP contribution in [-0.4, -0.2) is 27.3 Å². The lowest BCUT2D eigenvalue weighted by Gasteiger charge is -2.21. The minimum Gasteiger partial charge on any atom is -0.496 e. The van der Waals surface area contributed by atoms with E-state index in [9.17, 15) is 0 Å². The maximum Gasteiger partial charge on any atom is 0.126 e. The lowest BCUT2D eigenvalue weighted by molar-refractivity contribution is 0.374. The van der Waals surface area contributed by atoms with Crippen molar-refractivity contribution in [3.05, 3.63) is 23.8 Å². The average molecular weight is 237 g/mol. The Morgan fingerprint density at radius 1 is 1.12 bits per heavy atom. The molecule has 0 saturated heterocycles. The van der Waals surface area contributed by atoms with E-state index in [1.807, 2.05) is 25.2 Å². The molecule has 0 fully saturated rings. The van der Waals surface area contributed by atoms with Crippen LogP contribution in [0.15, 0.2) is 18.2 Å². The van der Waals surface area contributed by atoms with Crippen LogP contribution in [-0.2, 0) is 0 Å². The zero-order valence-corrected chi connectivity index (χ0v) is 11.4. The molecule has 0 aromatic heterocycles. The van der Waals surface area contributed by atoms with Gasteiger partial charge in [-0.15, -0.1) is 0 Å². The Balaban J connectivity index is 3.00. The number of benzene rings is 1. The molecule has 3 nitrogen and oxygen atoms in total. The summed E-state index contributed by atoms with van der Waals surface area (Å²) in [5.74, 6) is 2.20. The first kappa shape index (κ1) is 13.8. The van der Waals surface area contributed by atoms with Gasteiger partial charge in [0.1, 0.15) is 11.5 Å². The first-order chi connectivity index (χ1) is 8.13. The second-order valence-corrected chi connectivity index (χ2v) is 4.40. The molecule has 17 heavy (non-hydrogen) atoms. The van der Waals surface area contributed by atoms with Gasteiger partial charge in [0.15, 0.2) is 0 Å². The summed E-state index contributed by atoms with van der Waals surface area (Å²) in [5, 5.41) is 3.26. The highest BCUT2D eigenvalue weighted by atomic mass is 16.5. The highest BCUT2D eigenvalue weighted by Gasteiger charge is 2.18. The quantitative estimate of drug-likeness (QED) is 0.825. The fraction of sp³-hybridized carbons (Fsp3) is 0.571. The molecule has 0 saturated carbocycles. The third-order valence-corrected chi connectivity index (χ3v) is 3.16. The number of nitrogens with one attached hydrogen (secondary N) is 1. The van der Waals surface area contributed by atoms with Crippen molar-refractivity contribution in [3.8, 4) is 11.5 Å². The Labute approximate surface area is 104 Å². The van der Waals surface area contributed by atoms with E-state index in [1.165, 1.54) is 0 Å². The summed E-state index contributed by atoms with van der Waals surface area (Å²) < 4.78 is 10.8. The molecule has 1 aromatic rings. The smallest absolute Gasteiger partial charge is 0.126 e. The van der Waals surface area contributed by atoms with Crippen LogP contribution in [0.1, 0.15) is 31.7 Å². The van der Waals surface area contributed by atoms with E-state index in [4.69, 9.17) is 9.47 Å². The van der Waals surface area contributed by atoms with E-state index >= 15 is 0 Å². The van der Waals surface area contributed by atoms with Gasteiger partial charge in [-0.3, -0.25) is 0 Å². The van der Waals surface area contributed by atoms with Gasteiger partial charge in [-0.25, -0.2) is 0 Å². The number of rotatable bonds is 6. The van der Waals surface area contributed by atoms with Crippen molar-refractivity contribution in [2.75, 3.05) is 21.3 Å². The first-order valence-electron chi connectivity index (χ1n) is 6.02.